The molecule has 2 aromatic carbocycles. The second-order valence-corrected chi connectivity index (χ2v) is 8.02. The fourth-order valence-electron chi connectivity index (χ4n) is 2.64. The van der Waals surface area contributed by atoms with Crippen LogP contribution < -0.4 is 15.2 Å². The zero-order valence-electron chi connectivity index (χ0n) is 16.5. The van der Waals surface area contributed by atoms with Crippen LogP contribution in [0.1, 0.15) is 27.0 Å². The number of methoxy groups -OCH3 is 1. The number of hydrogen-bond donors (Lipinski definition) is 2. The number of esters is 1. The van der Waals surface area contributed by atoms with Gasteiger partial charge in [0, 0.05) is 6.54 Å². The molecular weight excluding hydrogens is 396 g/mol. The van der Waals surface area contributed by atoms with Crippen molar-refractivity contribution < 1.29 is 27.5 Å². The van der Waals surface area contributed by atoms with E-state index in [9.17, 15) is 18.0 Å². The molecule has 1 amide bonds. The van der Waals surface area contributed by atoms with Gasteiger partial charge in [-0.3, -0.25) is 4.79 Å². The van der Waals surface area contributed by atoms with Crippen LogP contribution in [0, 0.1) is 13.8 Å². The standard InChI is InChI=1S/C20H24N2O6S/c1-13-10-16(11-18(14(13)2)29(21,25)26)20(24)28-12-19(23)22-9-8-15-4-6-17(27-3)7-5-15/h4-7,10-11H,8-9,12H2,1-3H3,(H,22,23)(H2,21,25,26). The van der Waals surface area contributed by atoms with Gasteiger partial charge < -0.3 is 14.8 Å². The fourth-order valence-corrected chi connectivity index (χ4v) is 3.52. The lowest BCUT2D eigenvalue weighted by atomic mass is 10.1. The van der Waals surface area contributed by atoms with E-state index in [1.165, 1.54) is 6.07 Å². The summed E-state index contributed by atoms with van der Waals surface area (Å²) in [4.78, 5) is 23.9. The first-order valence-corrected chi connectivity index (χ1v) is 10.4. The molecule has 2 aromatic rings. The Bertz CT molecular complexity index is 1000. The van der Waals surface area contributed by atoms with Crippen molar-refractivity contribution in [2.24, 2.45) is 5.14 Å². The largest absolute Gasteiger partial charge is 0.497 e. The molecule has 0 spiro atoms. The molecule has 156 valence electrons. The molecule has 0 saturated heterocycles. The summed E-state index contributed by atoms with van der Waals surface area (Å²) in [6.45, 7) is 3.16. The summed E-state index contributed by atoms with van der Waals surface area (Å²) in [5.41, 5.74) is 2.07. The van der Waals surface area contributed by atoms with Gasteiger partial charge in [0.2, 0.25) is 10.0 Å². The highest BCUT2D eigenvalue weighted by atomic mass is 32.2. The minimum absolute atomic E-state index is 0.0168. The van der Waals surface area contributed by atoms with E-state index in [0.717, 1.165) is 17.4 Å². The topological polar surface area (TPSA) is 125 Å². The Morgan fingerprint density at radius 1 is 1.10 bits per heavy atom. The van der Waals surface area contributed by atoms with E-state index in [1.54, 1.807) is 21.0 Å². The van der Waals surface area contributed by atoms with Crippen LogP contribution in [0.15, 0.2) is 41.3 Å². The molecule has 0 fully saturated rings. The van der Waals surface area contributed by atoms with Crippen molar-refractivity contribution in [3.63, 3.8) is 0 Å². The Morgan fingerprint density at radius 2 is 1.76 bits per heavy atom. The summed E-state index contributed by atoms with van der Waals surface area (Å²) in [5.74, 6) is -0.507. The molecule has 0 bridgehead atoms. The first-order chi connectivity index (χ1) is 13.6. The van der Waals surface area contributed by atoms with Crippen molar-refractivity contribution in [3.8, 4) is 5.75 Å². The van der Waals surface area contributed by atoms with E-state index in [0.29, 0.717) is 24.1 Å². The number of nitrogens with one attached hydrogen (secondary N) is 1. The predicted molar refractivity (Wildman–Crippen MR) is 107 cm³/mol. The van der Waals surface area contributed by atoms with E-state index in [2.05, 4.69) is 5.32 Å². The normalized spacial score (nSPS) is 11.0. The van der Waals surface area contributed by atoms with Crippen LogP contribution in [0.25, 0.3) is 0 Å². The Hall–Kier alpha value is -2.91. The maximum absolute atomic E-state index is 12.2. The molecule has 9 heteroatoms. The summed E-state index contributed by atoms with van der Waals surface area (Å²) in [7, 11) is -2.39. The monoisotopic (exact) mass is 420 g/mol. The van der Waals surface area contributed by atoms with Crippen molar-refractivity contribution >= 4 is 21.9 Å². The van der Waals surface area contributed by atoms with E-state index in [-0.39, 0.29) is 10.5 Å². The summed E-state index contributed by atoms with van der Waals surface area (Å²) in [6.07, 6.45) is 0.610. The van der Waals surface area contributed by atoms with Crippen LogP contribution in [0.2, 0.25) is 0 Å². The zero-order valence-corrected chi connectivity index (χ0v) is 17.3. The lowest BCUT2D eigenvalue weighted by Crippen LogP contribution is -2.30. The Balaban J connectivity index is 1.88. The van der Waals surface area contributed by atoms with Gasteiger partial charge in [-0.1, -0.05) is 12.1 Å². The molecular formula is C20H24N2O6S. The van der Waals surface area contributed by atoms with Crippen molar-refractivity contribution in [2.45, 2.75) is 25.2 Å². The summed E-state index contributed by atoms with van der Waals surface area (Å²) in [5, 5.41) is 7.85. The van der Waals surface area contributed by atoms with E-state index < -0.39 is 28.5 Å². The number of benzene rings is 2. The van der Waals surface area contributed by atoms with Gasteiger partial charge in [0.15, 0.2) is 6.61 Å². The minimum Gasteiger partial charge on any atom is -0.497 e. The molecule has 0 radical (unpaired) electrons. The molecule has 0 aliphatic heterocycles. The number of primary sulfonamides is 1. The van der Waals surface area contributed by atoms with Crippen molar-refractivity contribution in [2.75, 3.05) is 20.3 Å². The maximum atomic E-state index is 12.2. The number of nitrogens with two attached hydrogens (primary N) is 1. The molecule has 0 aromatic heterocycles. The number of sulfonamides is 1. The van der Waals surface area contributed by atoms with E-state index in [4.69, 9.17) is 14.6 Å². The third-order valence-corrected chi connectivity index (χ3v) is 5.43. The van der Waals surface area contributed by atoms with Crippen LogP contribution in [-0.4, -0.2) is 40.6 Å². The molecule has 0 atom stereocenters. The van der Waals surface area contributed by atoms with Crippen molar-refractivity contribution in [1.29, 1.82) is 0 Å². The second-order valence-electron chi connectivity index (χ2n) is 6.49. The molecule has 0 saturated carbocycles. The lowest BCUT2D eigenvalue weighted by Gasteiger charge is -2.11. The maximum Gasteiger partial charge on any atom is 0.338 e. The smallest absolute Gasteiger partial charge is 0.338 e. The Kier molecular flexibility index (Phi) is 7.35. The molecule has 0 aliphatic carbocycles. The van der Waals surface area contributed by atoms with Crippen LogP contribution in [0.3, 0.4) is 0 Å². The average molecular weight is 420 g/mol. The molecule has 0 unspecified atom stereocenters. The first-order valence-electron chi connectivity index (χ1n) is 8.82. The Labute approximate surface area is 170 Å². The SMILES string of the molecule is COc1ccc(CCNC(=O)COC(=O)c2cc(C)c(C)c(S(N)(=O)=O)c2)cc1. The quantitative estimate of drug-likeness (QED) is 0.623. The van der Waals surface area contributed by atoms with Gasteiger partial charge in [0.05, 0.1) is 17.6 Å². The number of aryl methyl sites for hydroxylation is 1. The molecule has 0 heterocycles. The summed E-state index contributed by atoms with van der Waals surface area (Å²) < 4.78 is 33.4. The highest BCUT2D eigenvalue weighted by Gasteiger charge is 2.18. The second kappa shape index (κ2) is 9.53. The summed E-state index contributed by atoms with van der Waals surface area (Å²) in [6, 6.07) is 10.1. The zero-order chi connectivity index (χ0) is 21.6. The molecule has 2 rings (SSSR count). The van der Waals surface area contributed by atoms with Gasteiger partial charge in [0.1, 0.15) is 5.75 Å². The van der Waals surface area contributed by atoms with Gasteiger partial charge in [-0.25, -0.2) is 18.4 Å². The van der Waals surface area contributed by atoms with Gasteiger partial charge in [-0.2, -0.15) is 0 Å². The van der Waals surface area contributed by atoms with Gasteiger partial charge >= 0.3 is 5.97 Å². The average Bonchev–Trinajstić information content (AvgIpc) is 2.67. The highest BCUT2D eigenvalue weighted by Crippen LogP contribution is 2.20. The van der Waals surface area contributed by atoms with E-state index in [1.807, 2.05) is 24.3 Å². The number of carbonyl (C=O) groups is 2. The van der Waals surface area contributed by atoms with Crippen molar-refractivity contribution in [3.05, 3.63) is 58.7 Å². The third-order valence-electron chi connectivity index (χ3n) is 4.39. The van der Waals surface area contributed by atoms with Crippen LogP contribution >= 0.6 is 0 Å². The number of amides is 1. The van der Waals surface area contributed by atoms with Crippen LogP contribution in [0.5, 0.6) is 5.75 Å². The number of hydrogen-bond acceptors (Lipinski definition) is 6. The molecule has 0 aliphatic rings. The van der Waals surface area contributed by atoms with Gasteiger partial charge in [-0.05, 0) is 61.2 Å². The highest BCUT2D eigenvalue weighted by molar-refractivity contribution is 7.89. The number of ether oxygens (including phenoxy) is 2. The van der Waals surface area contributed by atoms with Crippen molar-refractivity contribution in [1.82, 2.24) is 5.32 Å². The molecule has 8 nitrogen and oxygen atoms in total. The minimum atomic E-state index is -3.98. The van der Waals surface area contributed by atoms with Gasteiger partial charge in [-0.15, -0.1) is 0 Å². The van der Waals surface area contributed by atoms with Gasteiger partial charge in [0.25, 0.3) is 5.91 Å². The molecule has 3 N–H and O–H groups in total. The lowest BCUT2D eigenvalue weighted by molar-refractivity contribution is -0.124. The Morgan fingerprint density at radius 3 is 2.34 bits per heavy atom. The summed E-state index contributed by atoms with van der Waals surface area (Å²) >= 11 is 0. The van der Waals surface area contributed by atoms with Crippen LogP contribution in [0.4, 0.5) is 0 Å². The fraction of sp³-hybridized carbons (Fsp3) is 0.300. The predicted octanol–water partition coefficient (Wildman–Crippen LogP) is 1.48. The first kappa shape index (κ1) is 22.4. The van der Waals surface area contributed by atoms with E-state index >= 15 is 0 Å². The number of carbonyl (C=O) groups excluding carboxylic acids is 2. The number of rotatable bonds is 8. The molecule has 29 heavy (non-hydrogen) atoms. The third kappa shape index (κ3) is 6.30. The van der Waals surface area contributed by atoms with Crippen LogP contribution in [-0.2, 0) is 26.0 Å².